The average Bonchev–Trinajstić information content (AvgIpc) is 2.17. The molecule has 0 bridgehead atoms. The van der Waals surface area contributed by atoms with E-state index in [0.29, 0.717) is 12.8 Å². The molecule has 7 heteroatoms. The van der Waals surface area contributed by atoms with Crippen molar-refractivity contribution in [2.45, 2.75) is 38.7 Å². The second-order valence-electron chi connectivity index (χ2n) is 2.76. The van der Waals surface area contributed by atoms with Gasteiger partial charge in [0.1, 0.15) is 6.23 Å². The number of hydrogen-bond donors (Lipinski definition) is 3. The van der Waals surface area contributed by atoms with E-state index in [1.807, 2.05) is 0 Å². The molecule has 0 saturated heterocycles. The van der Waals surface area contributed by atoms with Gasteiger partial charge in [-0.2, -0.15) is 5.90 Å². The van der Waals surface area contributed by atoms with Crippen molar-refractivity contribution in [2.24, 2.45) is 17.5 Å². The van der Waals surface area contributed by atoms with Crippen LogP contribution in [0.25, 0.3) is 0 Å². The quantitative estimate of drug-likeness (QED) is 0.365. The number of ether oxygens (including phenoxy) is 1. The highest BCUT2D eigenvalue weighted by Crippen LogP contribution is 2.03. The number of carbonyl (C=O) groups is 1. The Kier molecular flexibility index (Phi) is 7.25. The van der Waals surface area contributed by atoms with E-state index < -0.39 is 18.5 Å². The van der Waals surface area contributed by atoms with Crippen molar-refractivity contribution in [1.82, 2.24) is 0 Å². The Hall–Kier alpha value is -0.730. The molecule has 0 aliphatic carbocycles. The third-order valence-corrected chi connectivity index (χ3v) is 1.56. The van der Waals surface area contributed by atoms with Crippen molar-refractivity contribution in [3.63, 3.8) is 0 Å². The smallest absolute Gasteiger partial charge is 0.324 e. The minimum absolute atomic E-state index is 0.214. The maximum absolute atomic E-state index is 10.6. The highest BCUT2D eigenvalue weighted by atomic mass is 16.8. The van der Waals surface area contributed by atoms with Gasteiger partial charge in [-0.1, -0.05) is 0 Å². The Morgan fingerprint density at radius 3 is 2.57 bits per heavy atom. The van der Waals surface area contributed by atoms with Gasteiger partial charge in [0.15, 0.2) is 6.29 Å². The molecular weight excluding hydrogens is 190 g/mol. The van der Waals surface area contributed by atoms with E-state index in [1.54, 1.807) is 6.92 Å². The molecule has 0 rings (SSSR count). The molecule has 0 aliphatic rings. The van der Waals surface area contributed by atoms with Crippen LogP contribution in [0.2, 0.25) is 0 Å². The highest BCUT2D eigenvalue weighted by Gasteiger charge is 2.09. The van der Waals surface area contributed by atoms with Crippen LogP contribution < -0.4 is 17.5 Å². The third kappa shape index (κ3) is 6.75. The first kappa shape index (κ1) is 13.3. The molecule has 0 aromatic carbocycles. The van der Waals surface area contributed by atoms with Crippen molar-refractivity contribution < 1.29 is 19.2 Å². The summed E-state index contributed by atoms with van der Waals surface area (Å²) in [4.78, 5) is 18.9. The van der Waals surface area contributed by atoms with E-state index in [4.69, 9.17) is 16.4 Å². The summed E-state index contributed by atoms with van der Waals surface area (Å²) < 4.78 is 5.06. The predicted octanol–water partition coefficient (Wildman–Crippen LogP) is -0.889. The van der Waals surface area contributed by atoms with Gasteiger partial charge in [-0.15, -0.1) is 0 Å². The molecule has 2 atom stereocenters. The van der Waals surface area contributed by atoms with Crippen molar-refractivity contribution in [3.8, 4) is 0 Å². The summed E-state index contributed by atoms with van der Waals surface area (Å²) in [6.07, 6.45) is 0.175. The molecule has 0 fully saturated rings. The Balaban J connectivity index is 3.44. The molecule has 84 valence electrons. The summed E-state index contributed by atoms with van der Waals surface area (Å²) >= 11 is 0. The fourth-order valence-electron chi connectivity index (χ4n) is 0.853. The zero-order valence-electron chi connectivity index (χ0n) is 8.14. The van der Waals surface area contributed by atoms with Crippen LogP contribution >= 0.6 is 0 Å². The van der Waals surface area contributed by atoms with E-state index in [1.165, 1.54) is 0 Å². The summed E-state index contributed by atoms with van der Waals surface area (Å²) in [5.74, 6) is 9.02. The largest absolute Gasteiger partial charge is 0.373 e. The van der Waals surface area contributed by atoms with Crippen LogP contribution in [0.1, 0.15) is 26.2 Å². The third-order valence-electron chi connectivity index (χ3n) is 1.56. The lowest BCUT2D eigenvalue weighted by Gasteiger charge is -2.16. The molecule has 6 N–H and O–H groups in total. The molecule has 0 radical (unpaired) electrons. The lowest BCUT2D eigenvalue weighted by atomic mass is 10.2. The van der Waals surface area contributed by atoms with Gasteiger partial charge in [-0.25, -0.2) is 5.90 Å². The molecule has 2 unspecified atom stereocenters. The first-order valence-electron chi connectivity index (χ1n) is 4.26. The zero-order chi connectivity index (χ0) is 11.0. The number of carbonyl (C=O) groups excluding carboxylic acids is 1. The summed E-state index contributed by atoms with van der Waals surface area (Å²) in [7, 11) is 0. The Bertz CT molecular complexity index is 167. The molecule has 0 heterocycles. The van der Waals surface area contributed by atoms with Crippen LogP contribution in [0.3, 0.4) is 0 Å². The second-order valence-corrected chi connectivity index (χ2v) is 2.76. The summed E-state index contributed by atoms with van der Waals surface area (Å²) in [5, 5.41) is 0. The maximum Gasteiger partial charge on any atom is 0.324 e. The van der Waals surface area contributed by atoms with Crippen molar-refractivity contribution in [1.29, 1.82) is 0 Å². The summed E-state index contributed by atoms with van der Waals surface area (Å²) in [6.45, 7) is 1.62. The zero-order valence-corrected chi connectivity index (χ0v) is 8.14. The lowest BCUT2D eigenvalue weighted by molar-refractivity contribution is -0.163. The summed E-state index contributed by atoms with van der Waals surface area (Å²) in [5.41, 5.74) is 5.54. The van der Waals surface area contributed by atoms with E-state index in [-0.39, 0.29) is 6.42 Å². The van der Waals surface area contributed by atoms with Crippen LogP contribution in [-0.2, 0) is 19.2 Å². The minimum Gasteiger partial charge on any atom is -0.373 e. The van der Waals surface area contributed by atoms with Gasteiger partial charge in [0, 0.05) is 6.42 Å². The molecule has 0 aromatic heterocycles. The normalized spacial score (nSPS) is 14.9. The fraction of sp³-hybridized carbons (Fsp3) is 0.857. The summed E-state index contributed by atoms with van der Waals surface area (Å²) in [6, 6.07) is 0. The standard InChI is InChI=1S/C7H17N3O4/c1-5(13-9)12-6(8)3-2-4-7(11)14-10/h5-6H,2-4,8-10H2,1H3. The van der Waals surface area contributed by atoms with E-state index in [2.05, 4.69) is 15.6 Å². The van der Waals surface area contributed by atoms with Gasteiger partial charge < -0.3 is 15.3 Å². The number of nitrogens with two attached hydrogens (primary N) is 3. The number of rotatable bonds is 7. The van der Waals surface area contributed by atoms with Crippen LogP contribution in [0, 0.1) is 0 Å². The molecule has 0 aliphatic heterocycles. The van der Waals surface area contributed by atoms with Crippen molar-refractivity contribution >= 4 is 5.97 Å². The van der Waals surface area contributed by atoms with Gasteiger partial charge in [0.05, 0.1) is 0 Å². The molecule has 0 spiro atoms. The Morgan fingerprint density at radius 2 is 2.07 bits per heavy atom. The van der Waals surface area contributed by atoms with Crippen LogP contribution in [0.15, 0.2) is 0 Å². The molecular formula is C7H17N3O4. The first-order valence-corrected chi connectivity index (χ1v) is 4.26. The van der Waals surface area contributed by atoms with Gasteiger partial charge in [-0.3, -0.25) is 9.63 Å². The minimum atomic E-state index is -0.563. The molecule has 0 aromatic rings. The van der Waals surface area contributed by atoms with E-state index >= 15 is 0 Å². The molecule has 14 heavy (non-hydrogen) atoms. The van der Waals surface area contributed by atoms with E-state index in [0.717, 1.165) is 0 Å². The molecule has 0 amide bonds. The second kappa shape index (κ2) is 7.65. The Labute approximate surface area is 82.4 Å². The topological polar surface area (TPSA) is 123 Å². The van der Waals surface area contributed by atoms with Gasteiger partial charge in [-0.05, 0) is 19.8 Å². The van der Waals surface area contributed by atoms with Gasteiger partial charge in [0.2, 0.25) is 0 Å². The van der Waals surface area contributed by atoms with Crippen LogP contribution in [0.4, 0.5) is 0 Å². The molecule has 0 saturated carbocycles. The monoisotopic (exact) mass is 207 g/mol. The van der Waals surface area contributed by atoms with Crippen LogP contribution in [-0.4, -0.2) is 18.5 Å². The SMILES string of the molecule is CC(ON)OC(N)CCCC(=O)ON. The first-order chi connectivity index (χ1) is 6.60. The van der Waals surface area contributed by atoms with Crippen molar-refractivity contribution in [3.05, 3.63) is 0 Å². The van der Waals surface area contributed by atoms with Crippen molar-refractivity contribution in [2.75, 3.05) is 0 Å². The maximum atomic E-state index is 10.6. The van der Waals surface area contributed by atoms with E-state index in [9.17, 15) is 4.79 Å². The fourth-order valence-corrected chi connectivity index (χ4v) is 0.853. The Morgan fingerprint density at radius 1 is 1.43 bits per heavy atom. The number of hydrogen-bond acceptors (Lipinski definition) is 7. The lowest BCUT2D eigenvalue weighted by Crippen LogP contribution is -2.31. The van der Waals surface area contributed by atoms with Crippen LogP contribution in [0.5, 0.6) is 0 Å². The average molecular weight is 207 g/mol. The highest BCUT2D eigenvalue weighted by molar-refractivity contribution is 5.68. The predicted molar refractivity (Wildman–Crippen MR) is 47.9 cm³/mol. The van der Waals surface area contributed by atoms with Gasteiger partial charge >= 0.3 is 5.97 Å². The molecule has 7 nitrogen and oxygen atoms in total. The van der Waals surface area contributed by atoms with Gasteiger partial charge in [0.25, 0.3) is 0 Å².